The minimum absolute atomic E-state index is 0.274. The van der Waals surface area contributed by atoms with Crippen LogP contribution in [-0.2, 0) is 11.2 Å². The molecule has 0 spiro atoms. The molecule has 19 heavy (non-hydrogen) atoms. The van der Waals surface area contributed by atoms with Crippen LogP contribution >= 0.6 is 0 Å². The van der Waals surface area contributed by atoms with E-state index in [0.29, 0.717) is 12.5 Å². The third-order valence-corrected chi connectivity index (χ3v) is 4.00. The lowest BCUT2D eigenvalue weighted by molar-refractivity contribution is -0.117. The second kappa shape index (κ2) is 6.60. The number of benzene rings is 1. The molecule has 3 N–H and O–H groups in total. The van der Waals surface area contributed by atoms with Crippen molar-refractivity contribution in [2.75, 3.05) is 5.32 Å². The van der Waals surface area contributed by atoms with Gasteiger partial charge >= 0.3 is 0 Å². The maximum atomic E-state index is 11.1. The van der Waals surface area contributed by atoms with Crippen LogP contribution in [0.4, 0.5) is 5.69 Å². The summed E-state index contributed by atoms with van der Waals surface area (Å²) in [5.74, 6) is 0.566. The van der Waals surface area contributed by atoms with Crippen molar-refractivity contribution in [3.8, 4) is 0 Å². The molecule has 1 aromatic carbocycles. The summed E-state index contributed by atoms with van der Waals surface area (Å²) in [4.78, 5) is 11.1. The standard InChI is InChI=1S/C16H24N2O/c1-12-5-4-7-14(10-9-12)18-15-8-3-2-6-13(15)11-16(17)19/h2-3,6,8,12,14,18H,4-5,7,9-11H2,1H3,(H2,17,19). The van der Waals surface area contributed by atoms with Crippen LogP contribution < -0.4 is 11.1 Å². The first-order chi connectivity index (χ1) is 9.15. The molecule has 1 aromatic rings. The fourth-order valence-electron chi connectivity index (χ4n) is 2.85. The molecule has 104 valence electrons. The Morgan fingerprint density at radius 1 is 1.26 bits per heavy atom. The zero-order chi connectivity index (χ0) is 13.7. The fourth-order valence-corrected chi connectivity index (χ4v) is 2.85. The van der Waals surface area contributed by atoms with Crippen molar-refractivity contribution in [2.24, 2.45) is 11.7 Å². The summed E-state index contributed by atoms with van der Waals surface area (Å²) in [5, 5.41) is 3.61. The van der Waals surface area contributed by atoms with Gasteiger partial charge in [0.2, 0.25) is 5.91 Å². The molecule has 3 nitrogen and oxygen atoms in total. The number of anilines is 1. The van der Waals surface area contributed by atoms with Gasteiger partial charge in [-0.25, -0.2) is 0 Å². The van der Waals surface area contributed by atoms with Gasteiger partial charge in [0.15, 0.2) is 0 Å². The number of primary amides is 1. The van der Waals surface area contributed by atoms with E-state index in [1.165, 1.54) is 32.1 Å². The van der Waals surface area contributed by atoms with Crippen molar-refractivity contribution in [3.05, 3.63) is 29.8 Å². The van der Waals surface area contributed by atoms with Crippen molar-refractivity contribution < 1.29 is 4.79 Å². The lowest BCUT2D eigenvalue weighted by atomic mass is 10.0. The smallest absolute Gasteiger partial charge is 0.221 e. The Hall–Kier alpha value is -1.51. The SMILES string of the molecule is CC1CCCC(Nc2ccccc2CC(N)=O)CC1. The zero-order valence-corrected chi connectivity index (χ0v) is 11.7. The predicted molar refractivity (Wildman–Crippen MR) is 79.0 cm³/mol. The fraction of sp³-hybridized carbons (Fsp3) is 0.562. The highest BCUT2D eigenvalue weighted by atomic mass is 16.1. The number of amides is 1. The summed E-state index contributed by atoms with van der Waals surface area (Å²) >= 11 is 0. The number of carbonyl (C=O) groups excluding carboxylic acids is 1. The van der Waals surface area contributed by atoms with Crippen LogP contribution in [0.3, 0.4) is 0 Å². The molecule has 0 aromatic heterocycles. The predicted octanol–water partition coefficient (Wildman–Crippen LogP) is 3.10. The van der Waals surface area contributed by atoms with Crippen molar-refractivity contribution in [1.29, 1.82) is 0 Å². The Labute approximate surface area is 115 Å². The van der Waals surface area contributed by atoms with Gasteiger partial charge in [-0.1, -0.05) is 38.0 Å². The second-order valence-electron chi connectivity index (χ2n) is 5.75. The third-order valence-electron chi connectivity index (χ3n) is 4.00. The maximum absolute atomic E-state index is 11.1. The van der Waals surface area contributed by atoms with Crippen LogP contribution in [0.25, 0.3) is 0 Å². The van der Waals surface area contributed by atoms with Gasteiger partial charge in [0.05, 0.1) is 6.42 Å². The third kappa shape index (κ3) is 4.27. The molecule has 3 heteroatoms. The van der Waals surface area contributed by atoms with Gasteiger partial charge in [-0.15, -0.1) is 0 Å². The molecule has 0 bridgehead atoms. The number of rotatable bonds is 4. The van der Waals surface area contributed by atoms with Gasteiger partial charge in [-0.2, -0.15) is 0 Å². The number of nitrogens with one attached hydrogen (secondary N) is 1. The lowest BCUT2D eigenvalue weighted by Crippen LogP contribution is -2.21. The first kappa shape index (κ1) is 13.9. The molecule has 0 radical (unpaired) electrons. The van der Waals surface area contributed by atoms with Crippen LogP contribution in [0.5, 0.6) is 0 Å². The average Bonchev–Trinajstić information content (AvgIpc) is 2.56. The quantitative estimate of drug-likeness (QED) is 0.817. The van der Waals surface area contributed by atoms with Gasteiger partial charge < -0.3 is 11.1 Å². The Morgan fingerprint density at radius 3 is 2.84 bits per heavy atom. The van der Waals surface area contributed by atoms with Gasteiger partial charge in [0.1, 0.15) is 0 Å². The van der Waals surface area contributed by atoms with Crippen LogP contribution in [-0.4, -0.2) is 11.9 Å². The van der Waals surface area contributed by atoms with E-state index in [1.807, 2.05) is 24.3 Å². The molecule has 0 saturated heterocycles. The Balaban J connectivity index is 2.03. The van der Waals surface area contributed by atoms with Crippen molar-refractivity contribution >= 4 is 11.6 Å². The molecular formula is C16H24N2O. The van der Waals surface area contributed by atoms with Crippen LogP contribution in [0.2, 0.25) is 0 Å². The highest BCUT2D eigenvalue weighted by Gasteiger charge is 2.17. The summed E-state index contributed by atoms with van der Waals surface area (Å²) < 4.78 is 0. The largest absolute Gasteiger partial charge is 0.382 e. The van der Waals surface area contributed by atoms with E-state index in [0.717, 1.165) is 17.2 Å². The molecule has 1 fully saturated rings. The van der Waals surface area contributed by atoms with E-state index < -0.39 is 0 Å². The number of carbonyl (C=O) groups is 1. The monoisotopic (exact) mass is 260 g/mol. The molecule has 2 atom stereocenters. The van der Waals surface area contributed by atoms with Crippen molar-refractivity contribution in [1.82, 2.24) is 0 Å². The topological polar surface area (TPSA) is 55.1 Å². The van der Waals surface area contributed by atoms with E-state index >= 15 is 0 Å². The minimum atomic E-state index is -0.274. The highest BCUT2D eigenvalue weighted by molar-refractivity contribution is 5.78. The molecule has 2 rings (SSSR count). The van der Waals surface area contributed by atoms with E-state index in [2.05, 4.69) is 12.2 Å². The molecule has 1 saturated carbocycles. The van der Waals surface area contributed by atoms with Crippen LogP contribution in [0, 0.1) is 5.92 Å². The highest BCUT2D eigenvalue weighted by Crippen LogP contribution is 2.26. The number of para-hydroxylation sites is 1. The first-order valence-corrected chi connectivity index (χ1v) is 7.28. The molecule has 1 aliphatic rings. The molecular weight excluding hydrogens is 236 g/mol. The number of hydrogen-bond donors (Lipinski definition) is 2. The molecule has 2 unspecified atom stereocenters. The Kier molecular flexibility index (Phi) is 4.83. The van der Waals surface area contributed by atoms with Crippen molar-refractivity contribution in [2.45, 2.75) is 51.5 Å². The Bertz CT molecular complexity index is 431. The van der Waals surface area contributed by atoms with Gasteiger partial charge in [-0.3, -0.25) is 4.79 Å². The summed E-state index contributed by atoms with van der Waals surface area (Å²) in [5.41, 5.74) is 7.38. The molecule has 1 amide bonds. The van der Waals surface area contributed by atoms with Gasteiger partial charge in [0.25, 0.3) is 0 Å². The summed E-state index contributed by atoms with van der Waals surface area (Å²) in [6, 6.07) is 8.52. The van der Waals surface area contributed by atoms with Gasteiger partial charge in [-0.05, 0) is 36.8 Å². The zero-order valence-electron chi connectivity index (χ0n) is 11.7. The number of hydrogen-bond acceptors (Lipinski definition) is 2. The van der Waals surface area contributed by atoms with E-state index in [9.17, 15) is 4.79 Å². The molecule has 0 aliphatic heterocycles. The summed E-state index contributed by atoms with van der Waals surface area (Å²) in [6.45, 7) is 2.34. The van der Waals surface area contributed by atoms with E-state index in [-0.39, 0.29) is 5.91 Å². The van der Waals surface area contributed by atoms with Gasteiger partial charge in [0, 0.05) is 11.7 Å². The second-order valence-corrected chi connectivity index (χ2v) is 5.75. The first-order valence-electron chi connectivity index (χ1n) is 7.28. The van der Waals surface area contributed by atoms with Crippen LogP contribution in [0.1, 0.15) is 44.6 Å². The van der Waals surface area contributed by atoms with E-state index in [4.69, 9.17) is 5.73 Å². The molecule has 1 aliphatic carbocycles. The lowest BCUT2D eigenvalue weighted by Gasteiger charge is -2.20. The molecule has 0 heterocycles. The van der Waals surface area contributed by atoms with Crippen molar-refractivity contribution in [3.63, 3.8) is 0 Å². The summed E-state index contributed by atoms with van der Waals surface area (Å²) in [7, 11) is 0. The minimum Gasteiger partial charge on any atom is -0.382 e. The maximum Gasteiger partial charge on any atom is 0.221 e. The average molecular weight is 260 g/mol. The Morgan fingerprint density at radius 2 is 2.05 bits per heavy atom. The normalized spacial score (nSPS) is 23.6. The van der Waals surface area contributed by atoms with E-state index in [1.54, 1.807) is 0 Å². The van der Waals surface area contributed by atoms with Crippen LogP contribution in [0.15, 0.2) is 24.3 Å². The summed E-state index contributed by atoms with van der Waals surface area (Å²) in [6.07, 6.45) is 6.65. The number of nitrogens with two attached hydrogens (primary N) is 1.